The third-order valence-corrected chi connectivity index (χ3v) is 4.31. The van der Waals surface area contributed by atoms with E-state index in [4.69, 9.17) is 14.2 Å². The average molecular weight is 343 g/mol. The summed E-state index contributed by atoms with van der Waals surface area (Å²) < 4.78 is 15.9. The lowest BCUT2D eigenvalue weighted by Gasteiger charge is -2.17. The first-order valence-corrected chi connectivity index (χ1v) is 8.09. The topological polar surface area (TPSA) is 56.8 Å². The number of carbonyl (C=O) groups excluding carboxylic acids is 1. The van der Waals surface area contributed by atoms with Crippen molar-refractivity contribution in [3.05, 3.63) is 52.6 Å². The molecule has 1 N–H and O–H groups in total. The van der Waals surface area contributed by atoms with Crippen LogP contribution in [0.1, 0.15) is 40.0 Å². The van der Waals surface area contributed by atoms with Crippen LogP contribution in [0.5, 0.6) is 17.2 Å². The summed E-state index contributed by atoms with van der Waals surface area (Å²) in [5, 5.41) is 3.01. The van der Waals surface area contributed by atoms with Crippen LogP contribution in [0.3, 0.4) is 0 Å². The van der Waals surface area contributed by atoms with Gasteiger partial charge in [0.15, 0.2) is 11.5 Å². The first kappa shape index (κ1) is 18.6. The molecule has 0 spiro atoms. The molecule has 5 nitrogen and oxygen atoms in total. The van der Waals surface area contributed by atoms with Crippen LogP contribution in [0, 0.1) is 13.8 Å². The highest BCUT2D eigenvalue weighted by atomic mass is 16.5. The Hall–Kier alpha value is -2.69. The van der Waals surface area contributed by atoms with Gasteiger partial charge in [-0.3, -0.25) is 4.79 Å². The molecule has 0 saturated carbocycles. The van der Waals surface area contributed by atoms with E-state index in [2.05, 4.69) is 31.3 Å². The lowest BCUT2D eigenvalue weighted by atomic mass is 10.0. The van der Waals surface area contributed by atoms with Gasteiger partial charge in [0, 0.05) is 5.56 Å². The fraction of sp³-hybridized carbons (Fsp3) is 0.350. The van der Waals surface area contributed by atoms with Crippen molar-refractivity contribution in [2.24, 2.45) is 0 Å². The second-order valence-electron chi connectivity index (χ2n) is 5.95. The molecular formula is C20H25NO4. The number of benzene rings is 2. The highest BCUT2D eigenvalue weighted by molar-refractivity contribution is 5.95. The fourth-order valence-corrected chi connectivity index (χ4v) is 2.61. The molecular weight excluding hydrogens is 318 g/mol. The molecule has 0 aromatic heterocycles. The second kappa shape index (κ2) is 7.92. The van der Waals surface area contributed by atoms with Crippen molar-refractivity contribution in [3.8, 4) is 17.2 Å². The quantitative estimate of drug-likeness (QED) is 0.866. The molecule has 5 heteroatoms. The van der Waals surface area contributed by atoms with E-state index in [1.165, 1.54) is 32.5 Å². The third kappa shape index (κ3) is 4.05. The molecule has 134 valence electrons. The number of aryl methyl sites for hydroxylation is 2. The Morgan fingerprint density at radius 2 is 1.52 bits per heavy atom. The van der Waals surface area contributed by atoms with Gasteiger partial charge in [-0.2, -0.15) is 0 Å². The fourth-order valence-electron chi connectivity index (χ4n) is 2.61. The van der Waals surface area contributed by atoms with E-state index in [1.807, 2.05) is 13.0 Å². The number of carbonyl (C=O) groups is 1. The van der Waals surface area contributed by atoms with Crippen LogP contribution in [0.4, 0.5) is 0 Å². The predicted molar refractivity (Wildman–Crippen MR) is 97.9 cm³/mol. The largest absolute Gasteiger partial charge is 0.493 e. The van der Waals surface area contributed by atoms with Crippen LogP contribution < -0.4 is 19.5 Å². The molecule has 2 aromatic carbocycles. The molecule has 0 aliphatic rings. The Balaban J connectivity index is 2.26. The standard InChI is InChI=1S/C20H25NO4/c1-12-7-8-15(9-13(12)2)14(3)21-20(22)16-10-17(23-4)19(25-6)18(11-16)24-5/h7-11,14H,1-6H3,(H,21,22)/t14-/m0/s1. The van der Waals surface area contributed by atoms with Crippen molar-refractivity contribution in [1.29, 1.82) is 0 Å². The second-order valence-corrected chi connectivity index (χ2v) is 5.95. The van der Waals surface area contributed by atoms with Gasteiger partial charge in [0.1, 0.15) is 0 Å². The van der Waals surface area contributed by atoms with Crippen molar-refractivity contribution in [3.63, 3.8) is 0 Å². The zero-order valence-electron chi connectivity index (χ0n) is 15.6. The third-order valence-electron chi connectivity index (χ3n) is 4.31. The lowest BCUT2D eigenvalue weighted by Crippen LogP contribution is -2.26. The maximum Gasteiger partial charge on any atom is 0.252 e. The molecule has 0 heterocycles. The molecule has 1 atom stereocenters. The zero-order valence-corrected chi connectivity index (χ0v) is 15.6. The summed E-state index contributed by atoms with van der Waals surface area (Å²) in [6.07, 6.45) is 0. The van der Waals surface area contributed by atoms with Gasteiger partial charge in [-0.25, -0.2) is 0 Å². The lowest BCUT2D eigenvalue weighted by molar-refractivity contribution is 0.0939. The van der Waals surface area contributed by atoms with Crippen molar-refractivity contribution in [2.75, 3.05) is 21.3 Å². The minimum atomic E-state index is -0.204. The van der Waals surface area contributed by atoms with Crippen LogP contribution in [0.25, 0.3) is 0 Å². The Morgan fingerprint density at radius 1 is 0.920 bits per heavy atom. The average Bonchev–Trinajstić information content (AvgIpc) is 2.62. The Morgan fingerprint density at radius 3 is 2.00 bits per heavy atom. The van der Waals surface area contributed by atoms with Gasteiger partial charge in [-0.1, -0.05) is 18.2 Å². The van der Waals surface area contributed by atoms with Gasteiger partial charge in [-0.05, 0) is 49.6 Å². The highest BCUT2D eigenvalue weighted by Gasteiger charge is 2.18. The maximum atomic E-state index is 12.7. The van der Waals surface area contributed by atoms with Crippen LogP contribution in [-0.4, -0.2) is 27.2 Å². The maximum absolute atomic E-state index is 12.7. The molecule has 2 aromatic rings. The van der Waals surface area contributed by atoms with Crippen molar-refractivity contribution < 1.29 is 19.0 Å². The summed E-state index contributed by atoms with van der Waals surface area (Å²) in [5.41, 5.74) is 3.94. The summed E-state index contributed by atoms with van der Waals surface area (Å²) in [6.45, 7) is 6.09. The van der Waals surface area contributed by atoms with E-state index in [1.54, 1.807) is 12.1 Å². The van der Waals surface area contributed by atoms with Gasteiger partial charge in [0.2, 0.25) is 5.75 Å². The number of methoxy groups -OCH3 is 3. The minimum absolute atomic E-state index is 0.120. The van der Waals surface area contributed by atoms with E-state index in [0.717, 1.165) is 5.56 Å². The number of amides is 1. The number of ether oxygens (including phenoxy) is 3. The Labute approximate surface area is 148 Å². The molecule has 0 fully saturated rings. The normalized spacial score (nSPS) is 11.6. The summed E-state index contributed by atoms with van der Waals surface area (Å²) in [6, 6.07) is 9.35. The molecule has 0 unspecified atom stereocenters. The Kier molecular flexibility index (Phi) is 5.91. The SMILES string of the molecule is COc1cc(C(=O)N[C@@H](C)c2ccc(C)c(C)c2)cc(OC)c1OC. The zero-order chi connectivity index (χ0) is 18.6. The monoisotopic (exact) mass is 343 g/mol. The van der Waals surface area contributed by atoms with Crippen molar-refractivity contribution in [2.45, 2.75) is 26.8 Å². The van der Waals surface area contributed by atoms with E-state index >= 15 is 0 Å². The summed E-state index contributed by atoms with van der Waals surface area (Å²) >= 11 is 0. The van der Waals surface area contributed by atoms with Crippen molar-refractivity contribution in [1.82, 2.24) is 5.32 Å². The van der Waals surface area contributed by atoms with Crippen LogP contribution in [-0.2, 0) is 0 Å². The predicted octanol–water partition coefficient (Wildman–Crippen LogP) is 3.82. The Bertz CT molecular complexity index is 745. The number of rotatable bonds is 6. The van der Waals surface area contributed by atoms with Crippen LogP contribution in [0.2, 0.25) is 0 Å². The minimum Gasteiger partial charge on any atom is -0.493 e. The molecule has 0 saturated heterocycles. The molecule has 0 aliphatic heterocycles. The van der Waals surface area contributed by atoms with Gasteiger partial charge < -0.3 is 19.5 Å². The van der Waals surface area contributed by atoms with Gasteiger partial charge in [0.05, 0.1) is 27.4 Å². The molecule has 0 bridgehead atoms. The van der Waals surface area contributed by atoms with Gasteiger partial charge >= 0.3 is 0 Å². The molecule has 2 rings (SSSR count). The van der Waals surface area contributed by atoms with E-state index in [-0.39, 0.29) is 11.9 Å². The van der Waals surface area contributed by atoms with Gasteiger partial charge in [-0.15, -0.1) is 0 Å². The van der Waals surface area contributed by atoms with E-state index < -0.39 is 0 Å². The number of hydrogen-bond donors (Lipinski definition) is 1. The first-order chi connectivity index (χ1) is 11.9. The summed E-state index contributed by atoms with van der Waals surface area (Å²) in [7, 11) is 4.58. The number of hydrogen-bond acceptors (Lipinski definition) is 4. The van der Waals surface area contributed by atoms with Crippen molar-refractivity contribution >= 4 is 5.91 Å². The van der Waals surface area contributed by atoms with E-state index in [0.29, 0.717) is 22.8 Å². The van der Waals surface area contributed by atoms with Crippen LogP contribution in [0.15, 0.2) is 30.3 Å². The van der Waals surface area contributed by atoms with Crippen LogP contribution >= 0.6 is 0 Å². The smallest absolute Gasteiger partial charge is 0.252 e. The summed E-state index contributed by atoms with van der Waals surface area (Å²) in [5.74, 6) is 1.16. The van der Waals surface area contributed by atoms with E-state index in [9.17, 15) is 4.79 Å². The highest BCUT2D eigenvalue weighted by Crippen LogP contribution is 2.38. The van der Waals surface area contributed by atoms with Gasteiger partial charge in [0.25, 0.3) is 5.91 Å². The number of nitrogens with one attached hydrogen (secondary N) is 1. The summed E-state index contributed by atoms with van der Waals surface area (Å²) in [4.78, 5) is 12.7. The molecule has 0 aliphatic carbocycles. The molecule has 0 radical (unpaired) electrons. The first-order valence-electron chi connectivity index (χ1n) is 8.09. The molecule has 1 amide bonds. The molecule has 25 heavy (non-hydrogen) atoms.